The van der Waals surface area contributed by atoms with E-state index in [2.05, 4.69) is 15.0 Å². The van der Waals surface area contributed by atoms with Gasteiger partial charge >= 0.3 is 18.6 Å². The first-order chi connectivity index (χ1) is 8.75. The van der Waals surface area contributed by atoms with Crippen LogP contribution in [0.4, 0.5) is 0 Å². The average molecular weight is 361 g/mol. The topological polar surface area (TPSA) is 48.5 Å². The fourth-order valence-corrected chi connectivity index (χ4v) is 1.91. The molecule has 0 aliphatic rings. The first-order valence-corrected chi connectivity index (χ1v) is 5.68. The minimum absolute atomic E-state index is 0. The van der Waals surface area contributed by atoms with Crippen LogP contribution in [0.3, 0.4) is 0 Å². The number of aromatic nitrogens is 5. The van der Waals surface area contributed by atoms with E-state index in [0.717, 1.165) is 23.0 Å². The summed E-state index contributed by atoms with van der Waals surface area (Å²) in [5.74, 6) is 1.71. The largest absolute Gasteiger partial charge is 2.00 e. The van der Waals surface area contributed by atoms with Crippen molar-refractivity contribution in [2.75, 3.05) is 0 Å². The summed E-state index contributed by atoms with van der Waals surface area (Å²) in [4.78, 5) is 13.2. The van der Waals surface area contributed by atoms with Crippen molar-refractivity contribution in [1.82, 2.24) is 24.1 Å². The Morgan fingerprint density at radius 1 is 0.810 bits per heavy atom. The van der Waals surface area contributed by atoms with Crippen LogP contribution in [-0.2, 0) is 32.7 Å². The maximum absolute atomic E-state index is 4.61. The van der Waals surface area contributed by atoms with Gasteiger partial charge in [0.1, 0.15) is 11.4 Å². The Morgan fingerprint density at radius 3 is 1.57 bits per heavy atom. The first-order valence-electron chi connectivity index (χ1n) is 5.68. The monoisotopic (exact) mass is 360 g/mol. The third kappa shape index (κ3) is 3.89. The number of imidazole rings is 2. The number of rotatable bonds is 2. The van der Waals surface area contributed by atoms with Crippen LogP contribution < -0.4 is 24.8 Å². The molecule has 0 saturated carbocycles. The number of halogens is 2. The van der Waals surface area contributed by atoms with Crippen molar-refractivity contribution in [2.45, 2.75) is 0 Å². The fraction of sp³-hybridized carbons (Fsp3) is 0.154. The van der Waals surface area contributed by atoms with Gasteiger partial charge in [-0.2, -0.15) is 0 Å². The van der Waals surface area contributed by atoms with Gasteiger partial charge in [-0.05, 0) is 12.1 Å². The minimum atomic E-state index is 0. The standard InChI is InChI=1S/C13H13N5.2ClH.V/c1-17-8-6-14-12(17)10-4-3-5-11(16-10)13-15-7-9-18(13)2;;;/h3-9H,1-2H3;2*1H;/q;;;+2/p-2. The molecule has 21 heavy (non-hydrogen) atoms. The molecule has 3 heterocycles. The molecule has 3 aromatic heterocycles. The van der Waals surface area contributed by atoms with Crippen LogP contribution in [0.1, 0.15) is 0 Å². The Balaban J connectivity index is 0.00000133. The second kappa shape index (κ2) is 8.24. The molecule has 0 amide bonds. The molecule has 3 aromatic rings. The van der Waals surface area contributed by atoms with Gasteiger partial charge in [-0.1, -0.05) is 6.07 Å². The number of hydrogen-bond donors (Lipinski definition) is 0. The van der Waals surface area contributed by atoms with Gasteiger partial charge in [0, 0.05) is 38.9 Å². The van der Waals surface area contributed by atoms with Crippen LogP contribution in [0.5, 0.6) is 0 Å². The molecule has 0 aliphatic heterocycles. The second-order valence-corrected chi connectivity index (χ2v) is 4.13. The van der Waals surface area contributed by atoms with Crippen molar-refractivity contribution in [3.63, 3.8) is 0 Å². The summed E-state index contributed by atoms with van der Waals surface area (Å²) in [6.45, 7) is 0. The fourth-order valence-electron chi connectivity index (χ4n) is 1.91. The summed E-state index contributed by atoms with van der Waals surface area (Å²) in [5, 5.41) is 0. The van der Waals surface area contributed by atoms with Gasteiger partial charge < -0.3 is 33.9 Å². The first kappa shape index (κ1) is 19.7. The summed E-state index contributed by atoms with van der Waals surface area (Å²) in [5.41, 5.74) is 1.70. The molecule has 0 fully saturated rings. The zero-order chi connectivity index (χ0) is 12.5. The molecule has 0 aliphatic carbocycles. The second-order valence-electron chi connectivity index (χ2n) is 4.13. The van der Waals surface area contributed by atoms with Gasteiger partial charge in [-0.25, -0.2) is 15.0 Å². The Kier molecular flexibility index (Phi) is 7.75. The molecule has 0 aromatic carbocycles. The molecule has 3 rings (SSSR count). The smallest absolute Gasteiger partial charge is 1.00 e. The Hall–Kier alpha value is -1.27. The molecule has 0 saturated heterocycles. The van der Waals surface area contributed by atoms with Crippen LogP contribution in [0.2, 0.25) is 0 Å². The van der Waals surface area contributed by atoms with Crippen LogP contribution in [0.15, 0.2) is 43.0 Å². The van der Waals surface area contributed by atoms with E-state index < -0.39 is 0 Å². The third-order valence-corrected chi connectivity index (χ3v) is 2.85. The van der Waals surface area contributed by atoms with Crippen LogP contribution >= 0.6 is 0 Å². The molecule has 0 N–H and O–H groups in total. The number of pyridine rings is 1. The van der Waals surface area contributed by atoms with Crippen LogP contribution in [0, 0.1) is 0 Å². The van der Waals surface area contributed by atoms with E-state index >= 15 is 0 Å². The number of nitrogens with zero attached hydrogens (tertiary/aromatic N) is 5. The molecule has 0 unspecified atom stereocenters. The minimum Gasteiger partial charge on any atom is -1.00 e. The molecule has 5 nitrogen and oxygen atoms in total. The summed E-state index contributed by atoms with van der Waals surface area (Å²) >= 11 is 0. The number of aryl methyl sites for hydroxylation is 2. The normalized spacial score (nSPS) is 9.24. The van der Waals surface area contributed by atoms with Gasteiger partial charge in [-0.3, -0.25) is 0 Å². The van der Waals surface area contributed by atoms with Crippen LogP contribution in [0.25, 0.3) is 23.0 Å². The summed E-state index contributed by atoms with van der Waals surface area (Å²) < 4.78 is 3.90. The summed E-state index contributed by atoms with van der Waals surface area (Å²) in [6.07, 6.45) is 7.35. The molecule has 1 radical (unpaired) electrons. The van der Waals surface area contributed by atoms with Crippen molar-refractivity contribution in [3.05, 3.63) is 43.0 Å². The molecule has 0 spiro atoms. The number of hydrogen-bond acceptors (Lipinski definition) is 3. The quantitative estimate of drug-likeness (QED) is 0.466. The van der Waals surface area contributed by atoms with Crippen molar-refractivity contribution in [2.24, 2.45) is 14.1 Å². The van der Waals surface area contributed by atoms with E-state index in [1.807, 2.05) is 53.8 Å². The predicted octanol–water partition coefficient (Wildman–Crippen LogP) is -4.11. The van der Waals surface area contributed by atoms with E-state index in [9.17, 15) is 0 Å². The van der Waals surface area contributed by atoms with E-state index in [0.29, 0.717) is 0 Å². The molecular formula is C13H13Cl2N5V. The van der Waals surface area contributed by atoms with Gasteiger partial charge in [0.05, 0.1) is 0 Å². The molecular weight excluding hydrogens is 348 g/mol. The summed E-state index contributed by atoms with van der Waals surface area (Å²) in [6, 6.07) is 5.88. The van der Waals surface area contributed by atoms with Gasteiger partial charge in [0.25, 0.3) is 0 Å². The summed E-state index contributed by atoms with van der Waals surface area (Å²) in [7, 11) is 3.91. The van der Waals surface area contributed by atoms with Crippen molar-refractivity contribution >= 4 is 0 Å². The Bertz CT molecular complexity index is 640. The van der Waals surface area contributed by atoms with Crippen molar-refractivity contribution < 1.29 is 43.4 Å². The van der Waals surface area contributed by atoms with Crippen LogP contribution in [-0.4, -0.2) is 24.1 Å². The molecule has 109 valence electrons. The van der Waals surface area contributed by atoms with E-state index in [4.69, 9.17) is 0 Å². The molecule has 0 bridgehead atoms. The zero-order valence-corrected chi connectivity index (χ0v) is 14.4. The Labute approximate surface area is 147 Å². The third-order valence-electron chi connectivity index (χ3n) is 2.85. The van der Waals surface area contributed by atoms with Crippen molar-refractivity contribution in [3.8, 4) is 23.0 Å². The average Bonchev–Trinajstić information content (AvgIpc) is 2.98. The molecule has 8 heteroatoms. The SMILES string of the molecule is Cn1ccnc1-c1cccc(-c2nccn2C)n1.[Cl-].[Cl-].[V+2]. The Morgan fingerprint density at radius 2 is 1.24 bits per heavy atom. The van der Waals surface area contributed by atoms with Crippen molar-refractivity contribution in [1.29, 1.82) is 0 Å². The van der Waals surface area contributed by atoms with Gasteiger partial charge in [0.15, 0.2) is 11.6 Å². The van der Waals surface area contributed by atoms with E-state index in [-0.39, 0.29) is 43.4 Å². The maximum Gasteiger partial charge on any atom is 2.00 e. The zero-order valence-electron chi connectivity index (χ0n) is 11.5. The predicted molar refractivity (Wildman–Crippen MR) is 68.6 cm³/mol. The van der Waals surface area contributed by atoms with E-state index in [1.54, 1.807) is 12.4 Å². The maximum atomic E-state index is 4.61. The molecule has 0 atom stereocenters. The van der Waals surface area contributed by atoms with Gasteiger partial charge in [-0.15, -0.1) is 0 Å². The van der Waals surface area contributed by atoms with Gasteiger partial charge in [0.2, 0.25) is 0 Å². The van der Waals surface area contributed by atoms with E-state index in [1.165, 1.54) is 0 Å².